The molecule has 0 fully saturated rings. The maximum absolute atomic E-state index is 14.5. The Kier molecular flexibility index (Phi) is 6.39. The molecule has 3 heterocycles. The van der Waals surface area contributed by atoms with Crippen LogP contribution in [0.3, 0.4) is 0 Å². The predicted octanol–water partition coefficient (Wildman–Crippen LogP) is 13.5. The van der Waals surface area contributed by atoms with E-state index in [1.165, 1.54) is 43.4 Å². The summed E-state index contributed by atoms with van der Waals surface area (Å²) in [4.78, 5) is 6.29. The van der Waals surface area contributed by atoms with E-state index in [0.717, 1.165) is 60.7 Å². The first-order chi connectivity index (χ1) is 27.2. The summed E-state index contributed by atoms with van der Waals surface area (Å²) in [7, 11) is -1.36. The largest absolute Gasteiger partial charge is 0.309 e. The average molecular weight is 722 g/mol. The average Bonchev–Trinajstić information content (AvgIpc) is 3.59. The highest BCUT2D eigenvalue weighted by Gasteiger charge is 2.34. The Balaban J connectivity index is 1.10. The topological polar surface area (TPSA) is 28.5 Å². The molecule has 1 unspecified atom stereocenters. The molecule has 0 saturated carbocycles. The van der Waals surface area contributed by atoms with Crippen molar-refractivity contribution >= 4 is 88.3 Å². The molecule has 0 spiro atoms. The number of nitrogens with zero attached hydrogens (tertiary/aromatic N) is 3. The van der Waals surface area contributed by atoms with Crippen LogP contribution in [0.2, 0.25) is 0 Å². The van der Waals surface area contributed by atoms with Crippen molar-refractivity contribution in [3.8, 4) is 16.8 Å². The van der Waals surface area contributed by atoms with Crippen molar-refractivity contribution in [3.05, 3.63) is 188 Å². The van der Waals surface area contributed by atoms with Crippen LogP contribution in [0.15, 0.2) is 198 Å². The van der Waals surface area contributed by atoms with Gasteiger partial charge >= 0.3 is 0 Å². The van der Waals surface area contributed by atoms with Gasteiger partial charge in [-0.05, 0) is 89.1 Å². The van der Waals surface area contributed by atoms with Crippen LogP contribution in [0, 0.1) is 0 Å². The standard InChI is InChI=1S/C50H31N3OS/c54-55-47-23-9-8-21-43(47)51(34-15-2-1-3-16-34)46-31-45-41(30-48(46)55)39-19-10-13-33-14-11-22-44(49(33)39)52(45)35-25-27-36(28-26-35)53-42-20-7-6-18-38(42)40-29-24-32-12-4-5-17-37(32)50(40)53/h1-31H. The van der Waals surface area contributed by atoms with Gasteiger partial charge in [0.15, 0.2) is 0 Å². The fourth-order valence-electron chi connectivity index (χ4n) is 9.07. The summed E-state index contributed by atoms with van der Waals surface area (Å²) < 4.78 is 16.9. The van der Waals surface area contributed by atoms with Crippen LogP contribution in [0.1, 0.15) is 0 Å². The van der Waals surface area contributed by atoms with Crippen LogP contribution in [-0.2, 0) is 10.8 Å². The zero-order chi connectivity index (χ0) is 36.2. The number of anilines is 6. The second kappa shape index (κ2) is 11.5. The first kappa shape index (κ1) is 30.5. The highest BCUT2D eigenvalue weighted by molar-refractivity contribution is 7.85. The summed E-state index contributed by atoms with van der Waals surface area (Å²) in [5.74, 6) is 0. The molecule has 0 saturated heterocycles. The summed E-state index contributed by atoms with van der Waals surface area (Å²) in [5, 5.41) is 7.32. The molecule has 0 amide bonds. The number of benzene rings is 9. The third-order valence-corrected chi connectivity index (χ3v) is 12.9. The van der Waals surface area contributed by atoms with Crippen molar-refractivity contribution in [2.45, 2.75) is 9.79 Å². The number of hydrogen-bond acceptors (Lipinski definition) is 3. The minimum absolute atomic E-state index is 0.812. The fraction of sp³-hybridized carbons (Fsp3) is 0. The van der Waals surface area contributed by atoms with E-state index >= 15 is 0 Å². The smallest absolute Gasteiger partial charge is 0.0892 e. The normalized spacial score (nSPS) is 14.4. The van der Waals surface area contributed by atoms with Crippen LogP contribution < -0.4 is 9.80 Å². The van der Waals surface area contributed by atoms with Gasteiger partial charge in [-0.2, -0.15) is 0 Å². The molecule has 55 heavy (non-hydrogen) atoms. The first-order valence-electron chi connectivity index (χ1n) is 18.6. The van der Waals surface area contributed by atoms with Crippen molar-refractivity contribution in [1.29, 1.82) is 0 Å². The first-order valence-corrected chi connectivity index (χ1v) is 19.8. The van der Waals surface area contributed by atoms with Gasteiger partial charge in [0.05, 0.1) is 54.4 Å². The number of rotatable bonds is 3. The lowest BCUT2D eigenvalue weighted by molar-refractivity contribution is 0.682. The van der Waals surface area contributed by atoms with Crippen molar-refractivity contribution in [1.82, 2.24) is 4.57 Å². The number of para-hydroxylation sites is 3. The third kappa shape index (κ3) is 4.30. The van der Waals surface area contributed by atoms with E-state index in [9.17, 15) is 4.21 Å². The molecule has 2 aliphatic heterocycles. The van der Waals surface area contributed by atoms with Gasteiger partial charge in [-0.3, -0.25) is 0 Å². The van der Waals surface area contributed by atoms with Gasteiger partial charge in [0.25, 0.3) is 0 Å². The lowest BCUT2D eigenvalue weighted by Gasteiger charge is -2.38. The predicted molar refractivity (Wildman–Crippen MR) is 229 cm³/mol. The molecule has 0 radical (unpaired) electrons. The monoisotopic (exact) mass is 721 g/mol. The maximum atomic E-state index is 14.5. The summed E-state index contributed by atoms with van der Waals surface area (Å²) in [6, 6.07) is 66.9. The van der Waals surface area contributed by atoms with Crippen LogP contribution >= 0.6 is 0 Å². The number of hydrogen-bond donors (Lipinski definition) is 0. The second-order valence-electron chi connectivity index (χ2n) is 14.3. The molecule has 10 aromatic rings. The molecular formula is C50H31N3OS. The second-order valence-corrected chi connectivity index (χ2v) is 15.7. The van der Waals surface area contributed by atoms with E-state index in [0.29, 0.717) is 0 Å². The van der Waals surface area contributed by atoms with E-state index < -0.39 is 10.8 Å². The van der Waals surface area contributed by atoms with Crippen molar-refractivity contribution in [3.63, 3.8) is 0 Å². The lowest BCUT2D eigenvalue weighted by atomic mass is 9.90. The minimum atomic E-state index is -1.36. The van der Waals surface area contributed by atoms with Crippen molar-refractivity contribution in [2.24, 2.45) is 0 Å². The number of fused-ring (bicyclic) bond motifs is 9. The SMILES string of the molecule is O=S1c2ccccc2N(c2ccccc2)c2cc3c(cc21)-c1cccc2cccc(c12)N3c1ccc(-n2c3ccccc3c3ccc4ccccc4c32)cc1. The molecule has 4 nitrogen and oxygen atoms in total. The lowest BCUT2D eigenvalue weighted by Crippen LogP contribution is -2.22. The Hall–Kier alpha value is -6.95. The molecule has 0 bridgehead atoms. The van der Waals surface area contributed by atoms with Crippen molar-refractivity contribution in [2.75, 3.05) is 9.80 Å². The van der Waals surface area contributed by atoms with Gasteiger partial charge in [-0.25, -0.2) is 4.21 Å². The van der Waals surface area contributed by atoms with Gasteiger partial charge in [-0.15, -0.1) is 0 Å². The van der Waals surface area contributed by atoms with Gasteiger partial charge in [0.1, 0.15) is 0 Å². The van der Waals surface area contributed by atoms with Crippen molar-refractivity contribution < 1.29 is 4.21 Å². The molecule has 0 N–H and O–H groups in total. The van der Waals surface area contributed by atoms with Gasteiger partial charge < -0.3 is 14.4 Å². The van der Waals surface area contributed by atoms with Crippen LogP contribution in [0.5, 0.6) is 0 Å². The Morgan fingerprint density at radius 1 is 0.382 bits per heavy atom. The molecule has 2 aliphatic rings. The van der Waals surface area contributed by atoms with E-state index in [1.807, 2.05) is 24.3 Å². The Labute approximate surface area is 320 Å². The summed E-state index contributed by atoms with van der Waals surface area (Å²) in [6.45, 7) is 0. The third-order valence-electron chi connectivity index (χ3n) is 11.4. The van der Waals surface area contributed by atoms with Crippen LogP contribution in [-0.4, -0.2) is 8.78 Å². The number of aromatic nitrogens is 1. The summed E-state index contributed by atoms with van der Waals surface area (Å²) >= 11 is 0. The van der Waals surface area contributed by atoms with Crippen LogP contribution in [0.4, 0.5) is 34.1 Å². The highest BCUT2D eigenvalue weighted by Crippen LogP contribution is 2.56. The van der Waals surface area contributed by atoms with Gasteiger partial charge in [-0.1, -0.05) is 115 Å². The summed E-state index contributed by atoms with van der Waals surface area (Å²) in [5.41, 5.74) is 11.9. The highest BCUT2D eigenvalue weighted by atomic mass is 32.2. The zero-order valence-electron chi connectivity index (χ0n) is 29.6. The Morgan fingerprint density at radius 2 is 1.04 bits per heavy atom. The zero-order valence-corrected chi connectivity index (χ0v) is 30.4. The van der Waals surface area contributed by atoms with E-state index in [4.69, 9.17) is 0 Å². The molecule has 9 aromatic carbocycles. The molecule has 5 heteroatoms. The van der Waals surface area contributed by atoms with Crippen LogP contribution in [0.25, 0.3) is 60.2 Å². The molecule has 12 rings (SSSR count). The quantitative estimate of drug-likeness (QED) is 0.182. The molecular weight excluding hydrogens is 691 g/mol. The van der Waals surface area contributed by atoms with E-state index in [1.54, 1.807) is 0 Å². The molecule has 1 aromatic heterocycles. The fourth-order valence-corrected chi connectivity index (χ4v) is 10.4. The minimum Gasteiger partial charge on any atom is -0.309 e. The van der Waals surface area contributed by atoms with Gasteiger partial charge in [0.2, 0.25) is 0 Å². The summed E-state index contributed by atoms with van der Waals surface area (Å²) in [6.07, 6.45) is 0. The van der Waals surface area contributed by atoms with E-state index in [2.05, 4.69) is 178 Å². The van der Waals surface area contributed by atoms with E-state index in [-0.39, 0.29) is 0 Å². The Morgan fingerprint density at radius 3 is 1.91 bits per heavy atom. The van der Waals surface area contributed by atoms with Gasteiger partial charge in [0, 0.05) is 44.2 Å². The molecule has 258 valence electrons. The maximum Gasteiger partial charge on any atom is 0.0892 e. The molecule has 0 aliphatic carbocycles. The Bertz CT molecular complexity index is 3230. The molecule has 1 atom stereocenters.